The first-order chi connectivity index (χ1) is 8.51. The van der Waals surface area contributed by atoms with E-state index >= 15 is 0 Å². The molecule has 1 N–H and O–H groups in total. The molecule has 1 aromatic heterocycles. The summed E-state index contributed by atoms with van der Waals surface area (Å²) in [4.78, 5) is 8.71. The molecule has 3 nitrogen and oxygen atoms in total. The molecule has 1 heterocycles. The summed E-state index contributed by atoms with van der Waals surface area (Å²) in [6.45, 7) is 3.83. The van der Waals surface area contributed by atoms with Gasteiger partial charge in [-0.3, -0.25) is 0 Å². The van der Waals surface area contributed by atoms with Crippen LogP contribution < -0.4 is 5.32 Å². The van der Waals surface area contributed by atoms with Crippen molar-refractivity contribution in [3.05, 3.63) is 40.3 Å². The average Bonchev–Trinajstić information content (AvgIpc) is 2.31. The molecule has 0 spiro atoms. The van der Waals surface area contributed by atoms with Gasteiger partial charge in [0.25, 0.3) is 0 Å². The molecule has 0 radical (unpaired) electrons. The lowest BCUT2D eigenvalue weighted by Crippen LogP contribution is -2.02. The molecule has 0 fully saturated rings. The van der Waals surface area contributed by atoms with Gasteiger partial charge in [-0.05, 0) is 32.0 Å². The molecule has 0 aliphatic rings. The maximum atomic E-state index is 13.3. The van der Waals surface area contributed by atoms with Crippen LogP contribution in [0.25, 0.3) is 11.4 Å². The Kier molecular flexibility index (Phi) is 3.48. The lowest BCUT2D eigenvalue weighted by molar-refractivity contribution is 0.628. The van der Waals surface area contributed by atoms with Crippen molar-refractivity contribution >= 4 is 17.4 Å². The van der Waals surface area contributed by atoms with Crippen molar-refractivity contribution in [2.75, 3.05) is 12.4 Å². The van der Waals surface area contributed by atoms with Gasteiger partial charge in [0.2, 0.25) is 0 Å². The first kappa shape index (κ1) is 12.8. The maximum Gasteiger partial charge on any atom is 0.161 e. The van der Waals surface area contributed by atoms with E-state index < -0.39 is 5.82 Å². The summed E-state index contributed by atoms with van der Waals surface area (Å²) in [6, 6.07) is 4.27. The van der Waals surface area contributed by atoms with E-state index in [2.05, 4.69) is 15.3 Å². The SMILES string of the molecule is CNc1nc(-c2cc(F)cc(Cl)c2)nc(C)c1C. The predicted molar refractivity (Wildman–Crippen MR) is 71.5 cm³/mol. The van der Waals surface area contributed by atoms with Crippen LogP contribution in [0.3, 0.4) is 0 Å². The number of hydrogen-bond acceptors (Lipinski definition) is 3. The molecular formula is C13H13ClFN3. The third-order valence-electron chi connectivity index (χ3n) is 2.75. The number of rotatable bonds is 2. The van der Waals surface area contributed by atoms with Crippen LogP contribution >= 0.6 is 11.6 Å². The van der Waals surface area contributed by atoms with Gasteiger partial charge in [0.15, 0.2) is 5.82 Å². The molecule has 0 unspecified atom stereocenters. The first-order valence-electron chi connectivity index (χ1n) is 5.50. The van der Waals surface area contributed by atoms with Crippen LogP contribution in [-0.2, 0) is 0 Å². The summed E-state index contributed by atoms with van der Waals surface area (Å²) in [5.41, 5.74) is 2.40. The van der Waals surface area contributed by atoms with E-state index in [0.29, 0.717) is 16.4 Å². The van der Waals surface area contributed by atoms with Gasteiger partial charge in [-0.15, -0.1) is 0 Å². The molecule has 0 saturated carbocycles. The van der Waals surface area contributed by atoms with Crippen molar-refractivity contribution in [2.45, 2.75) is 13.8 Å². The van der Waals surface area contributed by atoms with Crippen LogP contribution in [-0.4, -0.2) is 17.0 Å². The van der Waals surface area contributed by atoms with E-state index in [9.17, 15) is 4.39 Å². The minimum atomic E-state index is -0.398. The standard InChI is InChI=1S/C13H13ClFN3/c1-7-8(2)17-13(18-12(7)16-3)9-4-10(14)6-11(15)5-9/h4-6H,1-3H3,(H,16,17,18). The summed E-state index contributed by atoms with van der Waals surface area (Å²) in [5, 5.41) is 3.33. The highest BCUT2D eigenvalue weighted by atomic mass is 35.5. The molecule has 94 valence electrons. The molecule has 1 aromatic carbocycles. The van der Waals surface area contributed by atoms with Gasteiger partial charge in [-0.25, -0.2) is 14.4 Å². The fraction of sp³-hybridized carbons (Fsp3) is 0.231. The summed E-state index contributed by atoms with van der Waals surface area (Å²) in [6.07, 6.45) is 0. The van der Waals surface area contributed by atoms with E-state index in [1.807, 2.05) is 13.8 Å². The van der Waals surface area contributed by atoms with Gasteiger partial charge in [-0.2, -0.15) is 0 Å². The molecule has 2 aromatic rings. The largest absolute Gasteiger partial charge is 0.373 e. The number of aryl methyl sites for hydroxylation is 1. The summed E-state index contributed by atoms with van der Waals surface area (Å²) >= 11 is 5.83. The van der Waals surface area contributed by atoms with Crippen molar-refractivity contribution in [1.29, 1.82) is 0 Å². The Bertz CT molecular complexity index is 579. The zero-order valence-corrected chi connectivity index (χ0v) is 11.1. The van der Waals surface area contributed by atoms with Crippen LogP contribution in [0.2, 0.25) is 5.02 Å². The Morgan fingerprint density at radius 1 is 1.17 bits per heavy atom. The van der Waals surface area contributed by atoms with E-state index in [1.54, 1.807) is 13.1 Å². The number of hydrogen-bond donors (Lipinski definition) is 1. The zero-order valence-electron chi connectivity index (χ0n) is 10.4. The van der Waals surface area contributed by atoms with Gasteiger partial charge in [0.1, 0.15) is 11.6 Å². The summed E-state index contributed by atoms with van der Waals surface area (Å²) < 4.78 is 13.3. The van der Waals surface area contributed by atoms with Crippen LogP contribution in [0.1, 0.15) is 11.3 Å². The monoisotopic (exact) mass is 265 g/mol. The Balaban J connectivity index is 2.60. The average molecular weight is 266 g/mol. The Hall–Kier alpha value is -1.68. The summed E-state index contributed by atoms with van der Waals surface area (Å²) in [5.74, 6) is 0.798. The first-order valence-corrected chi connectivity index (χ1v) is 5.88. The minimum Gasteiger partial charge on any atom is -0.373 e. The molecular weight excluding hydrogens is 253 g/mol. The summed E-state index contributed by atoms with van der Waals surface area (Å²) in [7, 11) is 1.79. The van der Waals surface area contributed by atoms with Crippen molar-refractivity contribution < 1.29 is 4.39 Å². The number of nitrogens with zero attached hydrogens (tertiary/aromatic N) is 2. The molecule has 0 bridgehead atoms. The minimum absolute atomic E-state index is 0.331. The second-order valence-corrected chi connectivity index (χ2v) is 4.45. The quantitative estimate of drug-likeness (QED) is 0.902. The number of benzene rings is 1. The van der Waals surface area contributed by atoms with E-state index in [1.165, 1.54) is 12.1 Å². The van der Waals surface area contributed by atoms with Crippen LogP contribution in [0.5, 0.6) is 0 Å². The molecule has 0 atom stereocenters. The molecule has 5 heteroatoms. The maximum absolute atomic E-state index is 13.3. The van der Waals surface area contributed by atoms with Crippen molar-refractivity contribution in [2.24, 2.45) is 0 Å². The third kappa shape index (κ3) is 2.43. The highest BCUT2D eigenvalue weighted by Gasteiger charge is 2.10. The Morgan fingerprint density at radius 2 is 1.89 bits per heavy atom. The van der Waals surface area contributed by atoms with E-state index in [4.69, 9.17) is 11.6 Å². The highest BCUT2D eigenvalue weighted by Crippen LogP contribution is 2.24. The van der Waals surface area contributed by atoms with Crippen molar-refractivity contribution in [3.8, 4) is 11.4 Å². The lowest BCUT2D eigenvalue weighted by Gasteiger charge is -2.10. The van der Waals surface area contributed by atoms with Crippen molar-refractivity contribution in [1.82, 2.24) is 9.97 Å². The molecule has 0 saturated heterocycles. The third-order valence-corrected chi connectivity index (χ3v) is 2.96. The zero-order chi connectivity index (χ0) is 13.3. The van der Waals surface area contributed by atoms with Gasteiger partial charge in [0.05, 0.1) is 0 Å². The van der Waals surface area contributed by atoms with Gasteiger partial charge in [-0.1, -0.05) is 11.6 Å². The van der Waals surface area contributed by atoms with Crippen LogP contribution in [0, 0.1) is 19.7 Å². The second kappa shape index (κ2) is 4.90. The van der Waals surface area contributed by atoms with Gasteiger partial charge >= 0.3 is 0 Å². The van der Waals surface area contributed by atoms with Gasteiger partial charge in [0, 0.05) is 28.9 Å². The molecule has 2 rings (SSSR count). The van der Waals surface area contributed by atoms with E-state index in [0.717, 1.165) is 17.1 Å². The topological polar surface area (TPSA) is 37.8 Å². The lowest BCUT2D eigenvalue weighted by atomic mass is 10.2. The van der Waals surface area contributed by atoms with Crippen LogP contribution in [0.4, 0.5) is 10.2 Å². The highest BCUT2D eigenvalue weighted by molar-refractivity contribution is 6.30. The molecule has 0 aliphatic heterocycles. The fourth-order valence-electron chi connectivity index (χ4n) is 1.68. The number of halogens is 2. The number of aromatic nitrogens is 2. The van der Waals surface area contributed by atoms with Crippen molar-refractivity contribution in [3.63, 3.8) is 0 Å². The predicted octanol–water partition coefficient (Wildman–Crippen LogP) is 3.59. The number of anilines is 1. The van der Waals surface area contributed by atoms with Gasteiger partial charge < -0.3 is 5.32 Å². The Morgan fingerprint density at radius 3 is 2.50 bits per heavy atom. The second-order valence-electron chi connectivity index (χ2n) is 4.01. The van der Waals surface area contributed by atoms with E-state index in [-0.39, 0.29) is 0 Å². The number of nitrogens with one attached hydrogen (secondary N) is 1. The molecule has 0 aliphatic carbocycles. The molecule has 18 heavy (non-hydrogen) atoms. The smallest absolute Gasteiger partial charge is 0.161 e. The van der Waals surface area contributed by atoms with Crippen LogP contribution in [0.15, 0.2) is 18.2 Å². The normalized spacial score (nSPS) is 10.5. The fourth-order valence-corrected chi connectivity index (χ4v) is 1.91. The molecule has 0 amide bonds. The Labute approximate surface area is 110 Å².